The van der Waals surface area contributed by atoms with E-state index in [1.165, 1.54) is 12.1 Å². The van der Waals surface area contributed by atoms with Crippen LogP contribution >= 0.6 is 15.9 Å². The fourth-order valence-corrected chi connectivity index (χ4v) is 1.82. The van der Waals surface area contributed by atoms with Gasteiger partial charge in [-0.25, -0.2) is 22.0 Å². The summed E-state index contributed by atoms with van der Waals surface area (Å²) in [5.41, 5.74) is -0.569. The van der Waals surface area contributed by atoms with E-state index in [1.807, 2.05) is 0 Å². The van der Waals surface area contributed by atoms with Crippen LogP contribution in [0.5, 0.6) is 0 Å². The van der Waals surface area contributed by atoms with Gasteiger partial charge in [-0.05, 0) is 33.6 Å². The molecule has 0 saturated heterocycles. The molecule has 0 amide bonds. The Hall–Kier alpha value is -1.63. The van der Waals surface area contributed by atoms with Crippen molar-refractivity contribution < 1.29 is 22.0 Å². The first kappa shape index (κ1) is 14.8. The number of nitrogens with one attached hydrogen (secondary N) is 1. The maximum atomic E-state index is 13.4. The molecule has 1 N–H and O–H groups in total. The third-order valence-electron chi connectivity index (χ3n) is 2.57. The average molecular weight is 352 g/mol. The molecule has 0 fully saturated rings. The van der Waals surface area contributed by atoms with Crippen molar-refractivity contribution in [2.75, 3.05) is 5.32 Å². The fraction of sp³-hybridized carbons (Fsp3) is 0.0769. The van der Waals surface area contributed by atoms with E-state index in [4.69, 9.17) is 0 Å². The largest absolute Gasteiger partial charge is 0.376 e. The molecule has 106 valence electrons. The number of benzene rings is 2. The smallest absolute Gasteiger partial charge is 0.185 e. The lowest BCUT2D eigenvalue weighted by Gasteiger charge is -2.10. The average Bonchev–Trinajstić information content (AvgIpc) is 2.40. The van der Waals surface area contributed by atoms with Crippen molar-refractivity contribution in [3.05, 3.63) is 63.4 Å². The van der Waals surface area contributed by atoms with E-state index in [9.17, 15) is 22.0 Å². The lowest BCUT2D eigenvalue weighted by Crippen LogP contribution is -2.07. The van der Waals surface area contributed by atoms with E-state index in [-0.39, 0.29) is 17.1 Å². The van der Waals surface area contributed by atoms with Crippen LogP contribution in [0, 0.1) is 29.1 Å². The van der Waals surface area contributed by atoms with E-state index in [0.717, 1.165) is 6.07 Å². The minimum absolute atomic E-state index is 0.120. The van der Waals surface area contributed by atoms with Crippen molar-refractivity contribution in [1.29, 1.82) is 0 Å². The van der Waals surface area contributed by atoms with Gasteiger partial charge in [0.2, 0.25) is 0 Å². The van der Waals surface area contributed by atoms with E-state index in [2.05, 4.69) is 21.2 Å². The minimum atomic E-state index is -1.53. The van der Waals surface area contributed by atoms with Crippen molar-refractivity contribution in [3.63, 3.8) is 0 Å². The molecule has 0 radical (unpaired) electrons. The van der Waals surface area contributed by atoms with Gasteiger partial charge in [0, 0.05) is 12.6 Å². The summed E-state index contributed by atoms with van der Waals surface area (Å²) in [6, 6.07) is 4.15. The summed E-state index contributed by atoms with van der Waals surface area (Å²) >= 11 is 2.95. The van der Waals surface area contributed by atoms with Crippen LogP contribution in [0.4, 0.5) is 27.6 Å². The van der Waals surface area contributed by atoms with Crippen molar-refractivity contribution in [1.82, 2.24) is 0 Å². The minimum Gasteiger partial charge on any atom is -0.376 e. The van der Waals surface area contributed by atoms with Gasteiger partial charge >= 0.3 is 0 Å². The summed E-state index contributed by atoms with van der Waals surface area (Å²) in [5, 5.41) is 2.21. The first-order valence-electron chi connectivity index (χ1n) is 5.41. The third-order valence-corrected chi connectivity index (χ3v) is 3.21. The summed E-state index contributed by atoms with van der Waals surface area (Å²) in [5.74, 6) is -6.62. The molecule has 7 heteroatoms. The standard InChI is InChI=1S/C13H7BrF5N/c14-7-2-1-6(3-8(7)15)5-20-13-11(18)9(16)4-10(17)12(13)19/h1-4,20H,5H2. The van der Waals surface area contributed by atoms with E-state index in [1.54, 1.807) is 0 Å². The predicted molar refractivity (Wildman–Crippen MR) is 67.7 cm³/mol. The summed E-state index contributed by atoms with van der Waals surface area (Å²) in [7, 11) is 0. The molecule has 0 aliphatic carbocycles. The summed E-state index contributed by atoms with van der Waals surface area (Å²) in [6.07, 6.45) is 0. The maximum Gasteiger partial charge on any atom is 0.185 e. The quantitative estimate of drug-likeness (QED) is 0.621. The van der Waals surface area contributed by atoms with Crippen LogP contribution in [0.25, 0.3) is 0 Å². The molecule has 0 unspecified atom stereocenters. The SMILES string of the molecule is Fc1cc(CNc2c(F)c(F)cc(F)c2F)ccc1Br. The Morgan fingerprint density at radius 3 is 2.00 bits per heavy atom. The number of hydrogen-bond donors (Lipinski definition) is 1. The van der Waals surface area contributed by atoms with Crippen LogP contribution in [0.1, 0.15) is 5.56 Å². The molecule has 0 aromatic heterocycles. The zero-order valence-corrected chi connectivity index (χ0v) is 11.4. The van der Waals surface area contributed by atoms with Crippen LogP contribution in [0.2, 0.25) is 0 Å². The molecule has 0 saturated carbocycles. The number of hydrogen-bond acceptors (Lipinski definition) is 1. The summed E-state index contributed by atoms with van der Waals surface area (Å²) in [4.78, 5) is 0. The molecule has 0 heterocycles. The van der Waals surface area contributed by atoms with Gasteiger partial charge in [0.25, 0.3) is 0 Å². The zero-order valence-electron chi connectivity index (χ0n) is 9.78. The molecule has 2 aromatic rings. The van der Waals surface area contributed by atoms with E-state index < -0.39 is 34.8 Å². The zero-order chi connectivity index (χ0) is 14.9. The molecule has 2 rings (SSSR count). The highest BCUT2D eigenvalue weighted by atomic mass is 79.9. The second-order valence-corrected chi connectivity index (χ2v) is 4.80. The van der Waals surface area contributed by atoms with Crippen LogP contribution in [0.3, 0.4) is 0 Å². The molecule has 2 aromatic carbocycles. The van der Waals surface area contributed by atoms with Gasteiger partial charge in [0.05, 0.1) is 4.47 Å². The van der Waals surface area contributed by atoms with Crippen molar-refractivity contribution in [2.45, 2.75) is 6.54 Å². The number of anilines is 1. The molecular weight excluding hydrogens is 345 g/mol. The first-order valence-corrected chi connectivity index (χ1v) is 6.20. The predicted octanol–water partition coefficient (Wildman–Crippen LogP) is 4.76. The van der Waals surface area contributed by atoms with Crippen molar-refractivity contribution in [3.8, 4) is 0 Å². The van der Waals surface area contributed by atoms with Crippen LogP contribution in [-0.2, 0) is 6.54 Å². The lowest BCUT2D eigenvalue weighted by atomic mass is 10.2. The fourth-order valence-electron chi connectivity index (χ4n) is 1.57. The van der Waals surface area contributed by atoms with Crippen LogP contribution < -0.4 is 5.32 Å². The third kappa shape index (κ3) is 2.92. The number of rotatable bonds is 3. The highest BCUT2D eigenvalue weighted by Crippen LogP contribution is 2.25. The Morgan fingerprint density at radius 2 is 1.45 bits per heavy atom. The maximum absolute atomic E-state index is 13.4. The number of halogens is 6. The molecule has 1 nitrogen and oxygen atoms in total. The molecule has 20 heavy (non-hydrogen) atoms. The van der Waals surface area contributed by atoms with Gasteiger partial charge in [-0.2, -0.15) is 0 Å². The molecule has 0 aliphatic heterocycles. The first-order chi connectivity index (χ1) is 9.40. The van der Waals surface area contributed by atoms with Gasteiger partial charge in [-0.3, -0.25) is 0 Å². The van der Waals surface area contributed by atoms with Gasteiger partial charge in [-0.1, -0.05) is 6.07 Å². The van der Waals surface area contributed by atoms with E-state index in [0.29, 0.717) is 5.56 Å². The van der Waals surface area contributed by atoms with Gasteiger partial charge in [-0.15, -0.1) is 0 Å². The van der Waals surface area contributed by atoms with Gasteiger partial charge < -0.3 is 5.32 Å². The lowest BCUT2D eigenvalue weighted by molar-refractivity contribution is 0.458. The highest BCUT2D eigenvalue weighted by Gasteiger charge is 2.18. The molecule has 0 atom stereocenters. The Bertz CT molecular complexity index is 633. The normalized spacial score (nSPS) is 10.7. The molecule has 0 spiro atoms. The second kappa shape index (κ2) is 5.78. The second-order valence-electron chi connectivity index (χ2n) is 3.95. The summed E-state index contributed by atoms with van der Waals surface area (Å²) in [6.45, 7) is -0.194. The van der Waals surface area contributed by atoms with E-state index >= 15 is 0 Å². The van der Waals surface area contributed by atoms with Crippen molar-refractivity contribution in [2.24, 2.45) is 0 Å². The highest BCUT2D eigenvalue weighted by molar-refractivity contribution is 9.10. The van der Waals surface area contributed by atoms with Crippen molar-refractivity contribution >= 4 is 21.6 Å². The molecule has 0 aliphatic rings. The topological polar surface area (TPSA) is 12.0 Å². The monoisotopic (exact) mass is 351 g/mol. The Morgan fingerprint density at radius 1 is 0.850 bits per heavy atom. The van der Waals surface area contributed by atoms with Gasteiger partial charge in [0.15, 0.2) is 23.3 Å². The summed E-state index contributed by atoms with van der Waals surface area (Å²) < 4.78 is 66.2. The molecular formula is C13H7BrF5N. The Labute approximate surface area is 119 Å². The van der Waals surface area contributed by atoms with Crippen LogP contribution in [-0.4, -0.2) is 0 Å². The van der Waals surface area contributed by atoms with Gasteiger partial charge in [0.1, 0.15) is 11.5 Å². The van der Waals surface area contributed by atoms with Crippen LogP contribution in [0.15, 0.2) is 28.7 Å². The Kier molecular flexibility index (Phi) is 4.27. The molecule has 0 bridgehead atoms. The Balaban J connectivity index is 2.25.